The molecule has 0 aromatic rings. The maximum Gasteiger partial charge on any atom is 0.140 e. The van der Waals surface area contributed by atoms with E-state index in [-0.39, 0.29) is 0 Å². The van der Waals surface area contributed by atoms with Crippen molar-refractivity contribution < 1.29 is 5.21 Å². The monoisotopic (exact) mass is 185 g/mol. The third-order valence-corrected chi connectivity index (χ3v) is 2.76. The molecule has 1 saturated heterocycles. The van der Waals surface area contributed by atoms with Gasteiger partial charge in [-0.25, -0.2) is 0 Å². The molecular formula is C9H19N3O. The quantitative estimate of drug-likeness (QED) is 0.295. The molecule has 0 amide bonds. The normalized spacial score (nSPS) is 25.3. The molecule has 1 aliphatic heterocycles. The van der Waals surface area contributed by atoms with Gasteiger partial charge in [-0.3, -0.25) is 0 Å². The van der Waals surface area contributed by atoms with Crippen molar-refractivity contribution in [3.63, 3.8) is 0 Å². The Kier molecular flexibility index (Phi) is 4.02. The second-order valence-electron chi connectivity index (χ2n) is 3.70. The molecule has 1 rings (SSSR count). The fraction of sp³-hybridized carbons (Fsp3) is 0.889. The summed E-state index contributed by atoms with van der Waals surface area (Å²) in [5.41, 5.74) is 5.39. The summed E-state index contributed by atoms with van der Waals surface area (Å²) in [6.45, 7) is 5.50. The van der Waals surface area contributed by atoms with Gasteiger partial charge in [0.05, 0.1) is 0 Å². The fourth-order valence-electron chi connectivity index (χ4n) is 1.77. The number of amidine groups is 1. The van der Waals surface area contributed by atoms with Crippen molar-refractivity contribution in [3.8, 4) is 0 Å². The molecule has 1 unspecified atom stereocenters. The van der Waals surface area contributed by atoms with E-state index in [9.17, 15) is 0 Å². The van der Waals surface area contributed by atoms with Gasteiger partial charge in [-0.15, -0.1) is 0 Å². The Hall–Kier alpha value is -0.770. The van der Waals surface area contributed by atoms with Gasteiger partial charge in [-0.1, -0.05) is 18.5 Å². The number of nitrogens with zero attached hydrogens (tertiary/aromatic N) is 2. The van der Waals surface area contributed by atoms with Gasteiger partial charge in [0, 0.05) is 19.5 Å². The molecule has 4 heteroatoms. The first-order valence-corrected chi connectivity index (χ1v) is 4.95. The van der Waals surface area contributed by atoms with E-state index < -0.39 is 0 Å². The Morgan fingerprint density at radius 1 is 1.69 bits per heavy atom. The molecule has 1 atom stereocenters. The van der Waals surface area contributed by atoms with E-state index in [1.165, 1.54) is 19.4 Å². The Morgan fingerprint density at radius 3 is 3.00 bits per heavy atom. The topological polar surface area (TPSA) is 61.8 Å². The summed E-state index contributed by atoms with van der Waals surface area (Å²) in [7, 11) is 0. The van der Waals surface area contributed by atoms with Crippen molar-refractivity contribution in [3.05, 3.63) is 0 Å². The Balaban J connectivity index is 2.17. The van der Waals surface area contributed by atoms with Crippen molar-refractivity contribution in [2.75, 3.05) is 19.6 Å². The zero-order chi connectivity index (χ0) is 9.68. The zero-order valence-corrected chi connectivity index (χ0v) is 8.24. The highest BCUT2D eigenvalue weighted by Crippen LogP contribution is 2.18. The second-order valence-corrected chi connectivity index (χ2v) is 3.70. The van der Waals surface area contributed by atoms with E-state index in [0.29, 0.717) is 12.3 Å². The molecule has 13 heavy (non-hydrogen) atoms. The second kappa shape index (κ2) is 5.07. The first-order valence-electron chi connectivity index (χ1n) is 4.95. The number of rotatable bonds is 4. The number of likely N-dealkylation sites (tertiary alicyclic amines) is 1. The van der Waals surface area contributed by atoms with Gasteiger partial charge in [0.25, 0.3) is 0 Å². The number of oxime groups is 1. The summed E-state index contributed by atoms with van der Waals surface area (Å²) in [5.74, 6) is 1.19. The molecule has 76 valence electrons. The average Bonchev–Trinajstić information content (AvgIpc) is 2.61. The fourth-order valence-corrected chi connectivity index (χ4v) is 1.77. The van der Waals surface area contributed by atoms with Crippen molar-refractivity contribution >= 4 is 5.84 Å². The molecule has 0 bridgehead atoms. The van der Waals surface area contributed by atoms with Gasteiger partial charge >= 0.3 is 0 Å². The first-order chi connectivity index (χ1) is 6.26. The van der Waals surface area contributed by atoms with E-state index >= 15 is 0 Å². The lowest BCUT2D eigenvalue weighted by molar-refractivity contribution is 0.308. The van der Waals surface area contributed by atoms with Crippen molar-refractivity contribution in [1.82, 2.24) is 4.90 Å². The summed E-state index contributed by atoms with van der Waals surface area (Å²) < 4.78 is 0. The van der Waals surface area contributed by atoms with E-state index in [4.69, 9.17) is 10.9 Å². The summed E-state index contributed by atoms with van der Waals surface area (Å²) in [5, 5.41) is 11.3. The summed E-state index contributed by atoms with van der Waals surface area (Å²) >= 11 is 0. The molecule has 0 radical (unpaired) electrons. The SMILES string of the molecule is CCC1CCN(CCC(N)=NO)C1. The zero-order valence-electron chi connectivity index (χ0n) is 8.24. The van der Waals surface area contributed by atoms with Crippen LogP contribution in [0.15, 0.2) is 5.16 Å². The molecular weight excluding hydrogens is 166 g/mol. The standard InChI is InChI=1S/C9H19N3O/c1-2-8-3-5-12(7-8)6-4-9(10)11-13/h8,13H,2-7H2,1H3,(H2,10,11). The minimum absolute atomic E-state index is 0.333. The molecule has 1 fully saturated rings. The maximum absolute atomic E-state index is 8.35. The van der Waals surface area contributed by atoms with Crippen LogP contribution in [0.2, 0.25) is 0 Å². The van der Waals surface area contributed by atoms with Gasteiger partial charge in [0.1, 0.15) is 5.84 Å². The number of hydrogen-bond acceptors (Lipinski definition) is 3. The van der Waals surface area contributed by atoms with Gasteiger partial charge < -0.3 is 15.8 Å². The molecule has 0 aromatic heterocycles. The van der Waals surface area contributed by atoms with E-state index in [1.807, 2.05) is 0 Å². The third kappa shape index (κ3) is 3.22. The predicted octanol–water partition coefficient (Wildman–Crippen LogP) is 0.855. The van der Waals surface area contributed by atoms with Crippen LogP contribution in [0.1, 0.15) is 26.2 Å². The van der Waals surface area contributed by atoms with Crippen LogP contribution in [0.5, 0.6) is 0 Å². The largest absolute Gasteiger partial charge is 0.409 e. The van der Waals surface area contributed by atoms with Crippen LogP contribution in [0, 0.1) is 5.92 Å². The Bertz CT molecular complexity index is 182. The van der Waals surface area contributed by atoms with E-state index in [1.54, 1.807) is 0 Å². The van der Waals surface area contributed by atoms with Crippen LogP contribution in [0.25, 0.3) is 0 Å². The highest BCUT2D eigenvalue weighted by molar-refractivity contribution is 5.79. The predicted molar refractivity (Wildman–Crippen MR) is 52.9 cm³/mol. The number of nitrogens with two attached hydrogens (primary N) is 1. The van der Waals surface area contributed by atoms with Crippen molar-refractivity contribution in [2.24, 2.45) is 16.8 Å². The lowest BCUT2D eigenvalue weighted by Crippen LogP contribution is -2.26. The third-order valence-electron chi connectivity index (χ3n) is 2.76. The summed E-state index contributed by atoms with van der Waals surface area (Å²) in [4.78, 5) is 2.38. The molecule has 3 N–H and O–H groups in total. The lowest BCUT2D eigenvalue weighted by atomic mass is 10.1. The molecule has 1 aliphatic rings. The van der Waals surface area contributed by atoms with Crippen LogP contribution in [-0.4, -0.2) is 35.6 Å². The smallest absolute Gasteiger partial charge is 0.140 e. The van der Waals surface area contributed by atoms with Gasteiger partial charge in [0.15, 0.2) is 0 Å². The van der Waals surface area contributed by atoms with Crippen molar-refractivity contribution in [2.45, 2.75) is 26.2 Å². The highest BCUT2D eigenvalue weighted by atomic mass is 16.4. The molecule has 0 aromatic carbocycles. The molecule has 4 nitrogen and oxygen atoms in total. The molecule has 0 aliphatic carbocycles. The first kappa shape index (κ1) is 10.3. The van der Waals surface area contributed by atoms with E-state index in [0.717, 1.165) is 19.0 Å². The summed E-state index contributed by atoms with van der Waals surface area (Å²) in [6.07, 6.45) is 3.24. The average molecular weight is 185 g/mol. The molecule has 1 heterocycles. The van der Waals surface area contributed by atoms with Crippen molar-refractivity contribution in [1.29, 1.82) is 0 Å². The van der Waals surface area contributed by atoms with E-state index in [2.05, 4.69) is 17.0 Å². The van der Waals surface area contributed by atoms with Gasteiger partial charge in [0.2, 0.25) is 0 Å². The lowest BCUT2D eigenvalue weighted by Gasteiger charge is -2.14. The Labute approximate surface area is 79.4 Å². The van der Waals surface area contributed by atoms with Crippen LogP contribution >= 0.6 is 0 Å². The maximum atomic E-state index is 8.35. The van der Waals surface area contributed by atoms with Crippen LogP contribution in [-0.2, 0) is 0 Å². The van der Waals surface area contributed by atoms with Crippen LogP contribution in [0.3, 0.4) is 0 Å². The number of hydrogen-bond donors (Lipinski definition) is 2. The minimum atomic E-state index is 0.333. The van der Waals surface area contributed by atoms with Crippen LogP contribution in [0.4, 0.5) is 0 Å². The summed E-state index contributed by atoms with van der Waals surface area (Å²) in [6, 6.07) is 0. The van der Waals surface area contributed by atoms with Crippen LogP contribution < -0.4 is 5.73 Å². The molecule has 0 spiro atoms. The van der Waals surface area contributed by atoms with Gasteiger partial charge in [-0.2, -0.15) is 0 Å². The molecule has 0 saturated carbocycles. The Morgan fingerprint density at radius 2 is 2.46 bits per heavy atom. The highest BCUT2D eigenvalue weighted by Gasteiger charge is 2.20. The van der Waals surface area contributed by atoms with Gasteiger partial charge in [-0.05, 0) is 18.9 Å². The minimum Gasteiger partial charge on any atom is -0.409 e.